The molecule has 0 spiro atoms. The first-order valence-corrected chi connectivity index (χ1v) is 8.74. The van der Waals surface area contributed by atoms with Gasteiger partial charge in [-0.15, -0.1) is 11.3 Å². The maximum atomic E-state index is 12.1. The molecule has 1 aliphatic rings. The molecule has 134 valence electrons. The number of rotatable bonds is 4. The van der Waals surface area contributed by atoms with E-state index in [1.165, 1.54) is 0 Å². The van der Waals surface area contributed by atoms with Crippen molar-refractivity contribution in [3.8, 4) is 0 Å². The number of primary amides is 1. The summed E-state index contributed by atoms with van der Waals surface area (Å²) in [4.78, 5) is 35.0. The van der Waals surface area contributed by atoms with Gasteiger partial charge in [-0.3, -0.25) is 9.59 Å². The summed E-state index contributed by atoms with van der Waals surface area (Å²) >= 11 is 1.16. The number of nitrogens with zero attached hydrogens (tertiary/aromatic N) is 1. The van der Waals surface area contributed by atoms with E-state index in [9.17, 15) is 14.4 Å². The first-order chi connectivity index (χ1) is 12.4. The third-order valence-electron chi connectivity index (χ3n) is 3.84. The Kier molecular flexibility index (Phi) is 4.99. The fraction of sp³-hybridized carbons (Fsp3) is 0.176. The molecule has 2 aromatic rings. The Hall–Kier alpha value is -3.20. The summed E-state index contributed by atoms with van der Waals surface area (Å²) in [7, 11) is 0. The predicted molar refractivity (Wildman–Crippen MR) is 100 cm³/mol. The molecule has 1 aromatic carbocycles. The normalized spacial score (nSPS) is 16.4. The van der Waals surface area contributed by atoms with E-state index < -0.39 is 11.9 Å². The van der Waals surface area contributed by atoms with Crippen molar-refractivity contribution in [2.45, 2.75) is 13.3 Å². The lowest BCUT2D eigenvalue weighted by molar-refractivity contribution is -0.121. The Morgan fingerprint density at radius 3 is 2.62 bits per heavy atom. The Bertz CT molecular complexity index is 888. The fourth-order valence-corrected chi connectivity index (χ4v) is 3.31. The highest BCUT2D eigenvalue weighted by Crippen LogP contribution is 2.22. The number of hydrazone groups is 1. The smallest absolute Gasteiger partial charge is 0.323 e. The van der Waals surface area contributed by atoms with Gasteiger partial charge in [-0.2, -0.15) is 5.10 Å². The summed E-state index contributed by atoms with van der Waals surface area (Å²) in [5, 5.41) is 11.1. The van der Waals surface area contributed by atoms with E-state index in [0.29, 0.717) is 22.7 Å². The molecule has 9 heteroatoms. The Morgan fingerprint density at radius 1 is 1.23 bits per heavy atom. The quantitative estimate of drug-likeness (QED) is 0.659. The van der Waals surface area contributed by atoms with Gasteiger partial charge in [0, 0.05) is 18.0 Å². The average Bonchev–Trinajstić information content (AvgIpc) is 3.04. The van der Waals surface area contributed by atoms with Gasteiger partial charge in [-0.05, 0) is 29.1 Å². The minimum Gasteiger partial charge on any atom is -0.365 e. The Balaban J connectivity index is 1.66. The van der Waals surface area contributed by atoms with Crippen molar-refractivity contribution in [1.29, 1.82) is 0 Å². The largest absolute Gasteiger partial charge is 0.365 e. The fourth-order valence-electron chi connectivity index (χ4n) is 2.61. The lowest BCUT2D eigenvalue weighted by atomic mass is 9.94. The highest BCUT2D eigenvalue weighted by atomic mass is 32.1. The molecule has 3 rings (SSSR count). The summed E-state index contributed by atoms with van der Waals surface area (Å²) < 4.78 is 0. The number of benzene rings is 1. The van der Waals surface area contributed by atoms with Crippen LogP contribution in [0.3, 0.4) is 0 Å². The van der Waals surface area contributed by atoms with Gasteiger partial charge in [-0.25, -0.2) is 10.2 Å². The van der Waals surface area contributed by atoms with E-state index in [2.05, 4.69) is 21.2 Å². The first-order valence-electron chi connectivity index (χ1n) is 7.86. The van der Waals surface area contributed by atoms with Gasteiger partial charge in [0.1, 0.15) is 4.88 Å². The number of amides is 4. The first kappa shape index (κ1) is 17.6. The average molecular weight is 371 g/mol. The molecule has 1 unspecified atom stereocenters. The molecule has 0 radical (unpaired) electrons. The van der Waals surface area contributed by atoms with Crippen molar-refractivity contribution in [3.05, 3.63) is 46.2 Å². The van der Waals surface area contributed by atoms with Crippen molar-refractivity contribution >= 4 is 46.3 Å². The summed E-state index contributed by atoms with van der Waals surface area (Å²) in [6.45, 7) is 1.94. The molecule has 1 aliphatic heterocycles. The molecule has 0 fully saturated rings. The van der Waals surface area contributed by atoms with E-state index in [1.807, 2.05) is 19.1 Å². The number of thiophene rings is 1. The highest BCUT2D eigenvalue weighted by molar-refractivity contribution is 7.12. The number of nitrogens with one attached hydrogen (secondary N) is 3. The molecule has 0 saturated carbocycles. The summed E-state index contributed by atoms with van der Waals surface area (Å²) in [6.07, 6.45) is 0.393. The van der Waals surface area contributed by atoms with Crippen LogP contribution in [-0.2, 0) is 4.79 Å². The van der Waals surface area contributed by atoms with E-state index in [4.69, 9.17) is 5.73 Å². The van der Waals surface area contributed by atoms with Crippen LogP contribution in [0.5, 0.6) is 0 Å². The molecular formula is C17H17N5O3S. The molecule has 1 atom stereocenters. The summed E-state index contributed by atoms with van der Waals surface area (Å²) in [6, 6.07) is 8.26. The summed E-state index contributed by atoms with van der Waals surface area (Å²) in [5.41, 5.74) is 10.4. The van der Waals surface area contributed by atoms with Gasteiger partial charge in [-0.1, -0.05) is 19.1 Å². The van der Waals surface area contributed by atoms with Crippen LogP contribution >= 0.6 is 11.3 Å². The molecule has 5 N–H and O–H groups in total. The third kappa shape index (κ3) is 3.89. The zero-order chi connectivity index (χ0) is 18.7. The Morgan fingerprint density at radius 2 is 1.96 bits per heavy atom. The van der Waals surface area contributed by atoms with Gasteiger partial charge in [0.05, 0.1) is 11.4 Å². The Labute approximate surface area is 153 Å². The van der Waals surface area contributed by atoms with E-state index >= 15 is 0 Å². The number of carbonyl (C=O) groups excluding carboxylic acids is 3. The van der Waals surface area contributed by atoms with Gasteiger partial charge < -0.3 is 16.4 Å². The van der Waals surface area contributed by atoms with Crippen molar-refractivity contribution in [1.82, 2.24) is 5.43 Å². The van der Waals surface area contributed by atoms with Crippen LogP contribution < -0.4 is 21.8 Å². The molecule has 2 heterocycles. The van der Waals surface area contributed by atoms with Crippen molar-refractivity contribution in [2.24, 2.45) is 16.8 Å². The standard InChI is InChI=1S/C17H17N5O3S/c1-9-8-13(23)21-22-14(9)10-2-4-11(5-3-10)19-17(25)20-12-6-7-26-15(12)16(18)24/h2-7,9H,8H2,1H3,(H2,18,24)(H,21,23)(H2,19,20,25). The van der Waals surface area contributed by atoms with Gasteiger partial charge in [0.2, 0.25) is 5.91 Å². The minimum atomic E-state index is -0.589. The zero-order valence-corrected chi connectivity index (χ0v) is 14.7. The molecule has 0 saturated heterocycles. The van der Waals surface area contributed by atoms with E-state index in [1.54, 1.807) is 23.6 Å². The zero-order valence-electron chi connectivity index (χ0n) is 13.9. The molecule has 8 nitrogen and oxygen atoms in total. The van der Waals surface area contributed by atoms with Crippen LogP contribution in [0.1, 0.15) is 28.6 Å². The number of carbonyl (C=O) groups is 3. The predicted octanol–water partition coefficient (Wildman–Crippen LogP) is 2.35. The molecule has 26 heavy (non-hydrogen) atoms. The lowest BCUT2D eigenvalue weighted by Gasteiger charge is -2.19. The monoisotopic (exact) mass is 371 g/mol. The van der Waals surface area contributed by atoms with Crippen LogP contribution in [0.4, 0.5) is 16.2 Å². The van der Waals surface area contributed by atoms with Crippen molar-refractivity contribution < 1.29 is 14.4 Å². The summed E-state index contributed by atoms with van der Waals surface area (Å²) in [5.74, 6) is -0.661. The van der Waals surface area contributed by atoms with Crippen LogP contribution in [0.25, 0.3) is 0 Å². The van der Waals surface area contributed by atoms with Crippen LogP contribution in [-0.4, -0.2) is 23.6 Å². The minimum absolute atomic E-state index is 0.0247. The number of anilines is 2. The molecule has 0 aliphatic carbocycles. The SMILES string of the molecule is CC1CC(=O)NN=C1c1ccc(NC(=O)Nc2ccsc2C(N)=O)cc1. The number of urea groups is 1. The van der Waals surface area contributed by atoms with Crippen molar-refractivity contribution in [2.75, 3.05) is 10.6 Å². The van der Waals surface area contributed by atoms with Gasteiger partial charge in [0.15, 0.2) is 0 Å². The second kappa shape index (κ2) is 7.36. The van der Waals surface area contributed by atoms with Crippen LogP contribution in [0.2, 0.25) is 0 Å². The molecule has 1 aromatic heterocycles. The van der Waals surface area contributed by atoms with Gasteiger partial charge >= 0.3 is 6.03 Å². The van der Waals surface area contributed by atoms with E-state index in [-0.39, 0.29) is 11.8 Å². The third-order valence-corrected chi connectivity index (χ3v) is 4.76. The van der Waals surface area contributed by atoms with Crippen LogP contribution in [0, 0.1) is 5.92 Å². The van der Waals surface area contributed by atoms with Crippen molar-refractivity contribution in [3.63, 3.8) is 0 Å². The lowest BCUT2D eigenvalue weighted by Crippen LogP contribution is -2.31. The maximum absolute atomic E-state index is 12.1. The second-order valence-corrected chi connectivity index (χ2v) is 6.74. The maximum Gasteiger partial charge on any atom is 0.323 e. The van der Waals surface area contributed by atoms with E-state index in [0.717, 1.165) is 22.6 Å². The number of hydrogen-bond donors (Lipinski definition) is 4. The second-order valence-electron chi connectivity index (χ2n) is 5.82. The molecular weight excluding hydrogens is 354 g/mol. The number of nitrogens with two attached hydrogens (primary N) is 1. The van der Waals surface area contributed by atoms with Crippen LogP contribution in [0.15, 0.2) is 40.8 Å². The van der Waals surface area contributed by atoms with Gasteiger partial charge in [0.25, 0.3) is 5.91 Å². The molecule has 4 amide bonds. The highest BCUT2D eigenvalue weighted by Gasteiger charge is 2.21. The molecule has 0 bridgehead atoms. The topological polar surface area (TPSA) is 126 Å². The number of hydrogen-bond acceptors (Lipinski definition) is 5.